The van der Waals surface area contributed by atoms with Gasteiger partial charge in [-0.1, -0.05) is 53.6 Å². The Kier molecular flexibility index (Phi) is 25.5. The molecular weight excluding hydrogens is 1430 g/mol. The average Bonchev–Trinajstić information content (AvgIpc) is 1.53. The zero-order chi connectivity index (χ0) is 75.5. The summed E-state index contributed by atoms with van der Waals surface area (Å²) in [6.45, 7) is -2.51. The van der Waals surface area contributed by atoms with Crippen LogP contribution in [-0.4, -0.2) is 304 Å². The molecule has 6 aliphatic rings. The van der Waals surface area contributed by atoms with Crippen LogP contribution in [0.3, 0.4) is 0 Å². The molecule has 104 heavy (non-hydrogen) atoms. The largest absolute Gasteiger partial charge is 0.479 e. The topological polar surface area (TPSA) is 559 Å². The number of carboxylic acids is 2. The zero-order valence-electron chi connectivity index (χ0n) is 55.8. The van der Waals surface area contributed by atoms with Crippen molar-refractivity contribution < 1.29 is 143 Å². The molecule has 0 spiro atoms. The number of aliphatic carboxylic acids is 2. The minimum absolute atomic E-state index is 0.0000957. The molecule has 17 N–H and O–H groups in total. The monoisotopic (exact) mass is 1510 g/mol. The van der Waals surface area contributed by atoms with Gasteiger partial charge in [0.05, 0.1) is 80.8 Å². The Hall–Kier alpha value is -7.05. The van der Waals surface area contributed by atoms with Crippen LogP contribution in [0.15, 0.2) is 65.8 Å². The molecule has 24 atom stereocenters. The lowest BCUT2D eigenvalue weighted by Gasteiger charge is -2.51. The van der Waals surface area contributed by atoms with E-state index in [0.29, 0.717) is 44.0 Å². The molecule has 4 aromatic rings. The molecule has 570 valence electrons. The number of hydrogen-bond donors (Lipinski definition) is 17. The van der Waals surface area contributed by atoms with E-state index in [1.807, 2.05) is 0 Å². The lowest BCUT2D eigenvalue weighted by Crippen LogP contribution is -2.72. The third-order valence-electron chi connectivity index (χ3n) is 19.8. The van der Waals surface area contributed by atoms with Gasteiger partial charge in [-0.25, -0.2) is 9.59 Å². The Bertz CT molecular complexity index is 3850. The molecule has 38 heteroatoms. The number of nitrogens with zero attached hydrogens (tertiary/aromatic N) is 5. The first kappa shape index (κ1) is 79.5. The van der Waals surface area contributed by atoms with Gasteiger partial charge in [0.2, 0.25) is 36.2 Å². The van der Waals surface area contributed by atoms with Crippen LogP contribution in [0.1, 0.15) is 68.9 Å². The number of alkyl halides is 2. The van der Waals surface area contributed by atoms with Crippen LogP contribution in [-0.2, 0) is 57.2 Å². The van der Waals surface area contributed by atoms with Crippen LogP contribution >= 0.6 is 23.2 Å². The number of carboxylic acid groups (broad SMARTS) is 2. The van der Waals surface area contributed by atoms with E-state index in [0.717, 1.165) is 13.8 Å². The van der Waals surface area contributed by atoms with Gasteiger partial charge in [0.15, 0.2) is 6.10 Å². The van der Waals surface area contributed by atoms with E-state index < -0.39 is 227 Å². The highest BCUT2D eigenvalue weighted by Crippen LogP contribution is 2.49. The third-order valence-corrected chi connectivity index (χ3v) is 20.5. The number of carbonyl (C=O) groups is 6. The summed E-state index contributed by atoms with van der Waals surface area (Å²) in [5, 5.41) is 174. The van der Waals surface area contributed by atoms with Crippen molar-refractivity contribution in [2.75, 3.05) is 67.6 Å². The Morgan fingerprint density at radius 3 is 1.64 bits per heavy atom. The standard InChI is InChI=1S/C66H83Cl2N7O29/c1-27(78)71-50-38(81)17-66(64(95)96,104-59(50)51(86)39(82)20-70-73-69)98-25-44-53(88)55(90)57(92)63(102-44)100-41-15-36-49(34-11-6-4-9-32(34)41)30(19-68)22-75(36)47(85)13-7-12-46(84)74-21-29(18-67)48-33-10-5-3-8-31(33)40(14-35(48)74)99-62-56(91)54(89)52(87)43(101-62)24-97-58(61(93)94)42-16-37(80)60(72-28(2)79)65(26-77,103-42)45(83)23-76/h3-6,8-11,14-15,29-30,37-39,42-45,50-60,62-63,76-77,80-83,86-92H,7,12-13,16-26H2,1-2H3,(H,71,78)(H,72,79)(H,93,94)(H,95,96)/t29-,30-,37?,38?,39?,42?,43?,44?,45?,50?,51?,52?,53?,54?,55?,56?,57?,58?,59?,60?,62?,63?,65?,66?/m1/s1. The molecule has 36 nitrogen and oxygen atoms in total. The fraction of sp³-hybridized carbons (Fsp3) is 0.606. The van der Waals surface area contributed by atoms with E-state index in [2.05, 4.69) is 20.7 Å². The number of benzene rings is 4. The molecule has 22 unspecified atom stereocenters. The molecule has 4 aromatic carbocycles. The molecule has 6 aliphatic heterocycles. The van der Waals surface area contributed by atoms with Crippen molar-refractivity contribution in [3.8, 4) is 11.5 Å². The number of azide groups is 1. The second-order valence-electron chi connectivity index (χ2n) is 26.5. The van der Waals surface area contributed by atoms with Crippen LogP contribution in [0.2, 0.25) is 0 Å². The molecule has 4 fully saturated rings. The van der Waals surface area contributed by atoms with Gasteiger partial charge < -0.3 is 135 Å². The van der Waals surface area contributed by atoms with Crippen LogP contribution in [0.4, 0.5) is 11.4 Å². The molecule has 10 rings (SSSR count). The number of fused-ring (bicyclic) bond motifs is 6. The molecule has 0 radical (unpaired) electrons. The number of halogens is 2. The summed E-state index contributed by atoms with van der Waals surface area (Å²) in [4.78, 5) is 84.7. The molecule has 6 heterocycles. The first-order valence-corrected chi connectivity index (χ1v) is 34.4. The van der Waals surface area contributed by atoms with Crippen molar-refractivity contribution in [3.63, 3.8) is 0 Å². The quantitative estimate of drug-likeness (QED) is 0.0119. The molecule has 0 saturated carbocycles. The van der Waals surface area contributed by atoms with E-state index in [-0.39, 0.29) is 55.6 Å². The first-order chi connectivity index (χ1) is 49.5. The third kappa shape index (κ3) is 15.8. The predicted octanol–water partition coefficient (Wildman–Crippen LogP) is -2.73. The van der Waals surface area contributed by atoms with Crippen LogP contribution in [0.25, 0.3) is 32.0 Å². The fourth-order valence-corrected chi connectivity index (χ4v) is 15.0. The number of carbonyl (C=O) groups excluding carboxylic acids is 4. The highest BCUT2D eigenvalue weighted by molar-refractivity contribution is 6.19. The lowest BCUT2D eigenvalue weighted by atomic mass is 9.79. The predicted molar refractivity (Wildman–Crippen MR) is 357 cm³/mol. The molecule has 4 amide bonds. The number of ether oxygens (including phenoxy) is 8. The SMILES string of the molecule is CC(=O)NC1C(O)CC(OCC2OC(Oc3cc4c(c5ccccc35)[C@H](CCl)CN4C(=O)CCCC(=O)N3C[C@@H](CCl)c4c3cc(OC3OC(COC(C(=O)O)C5CC(O)C(NC(C)=O)C(CO)(C(O)CO)O5)C(O)C(O)C3O)c3ccccc43)C(O)C(O)C2O)(C(=O)O)OC1C(O)C(O)CN=[N+]=[N-]. The maximum absolute atomic E-state index is 14.6. The van der Waals surface area contributed by atoms with Gasteiger partial charge in [0, 0.05) is 104 Å². The molecule has 0 bridgehead atoms. The highest BCUT2D eigenvalue weighted by atomic mass is 35.5. The number of amides is 4. The smallest absolute Gasteiger partial charge is 0.364 e. The summed E-state index contributed by atoms with van der Waals surface area (Å²) >= 11 is 13.2. The van der Waals surface area contributed by atoms with Gasteiger partial charge in [0.25, 0.3) is 5.79 Å². The number of hydrogen-bond acceptors (Lipinski definition) is 28. The van der Waals surface area contributed by atoms with Crippen molar-refractivity contribution in [2.24, 2.45) is 5.11 Å². The van der Waals surface area contributed by atoms with Crippen LogP contribution < -0.4 is 29.9 Å². The zero-order valence-corrected chi connectivity index (χ0v) is 57.3. The second kappa shape index (κ2) is 33.4. The Labute approximate surface area is 601 Å². The number of anilines is 2. The van der Waals surface area contributed by atoms with Crippen molar-refractivity contribution in [2.45, 2.75) is 192 Å². The van der Waals surface area contributed by atoms with E-state index in [9.17, 15) is 105 Å². The van der Waals surface area contributed by atoms with Crippen LogP contribution in [0.5, 0.6) is 11.5 Å². The van der Waals surface area contributed by atoms with Crippen molar-refractivity contribution in [3.05, 3.63) is 82.2 Å². The van der Waals surface area contributed by atoms with Gasteiger partial charge in [0.1, 0.15) is 84.2 Å². The van der Waals surface area contributed by atoms with Gasteiger partial charge in [-0.2, -0.15) is 0 Å². The average molecular weight is 1510 g/mol. The van der Waals surface area contributed by atoms with Crippen molar-refractivity contribution in [1.29, 1.82) is 0 Å². The number of rotatable bonds is 28. The minimum Gasteiger partial charge on any atom is -0.479 e. The summed E-state index contributed by atoms with van der Waals surface area (Å²) in [6.07, 6.45) is -36.3. The van der Waals surface area contributed by atoms with Gasteiger partial charge in [-0.05, 0) is 33.9 Å². The number of nitrogens with one attached hydrogen (secondary N) is 2. The lowest BCUT2D eigenvalue weighted by molar-refractivity contribution is -0.331. The van der Waals surface area contributed by atoms with E-state index >= 15 is 0 Å². The fourth-order valence-electron chi connectivity index (χ4n) is 14.5. The van der Waals surface area contributed by atoms with Crippen molar-refractivity contribution >= 4 is 91.7 Å². The molecular formula is C66H83Cl2N7O29. The Morgan fingerprint density at radius 2 is 1.19 bits per heavy atom. The van der Waals surface area contributed by atoms with Crippen LogP contribution in [0, 0.1) is 0 Å². The van der Waals surface area contributed by atoms with Gasteiger partial charge in [-0.3, -0.25) is 19.2 Å². The molecule has 0 aromatic heterocycles. The molecule has 4 saturated heterocycles. The molecule has 0 aliphatic carbocycles. The highest BCUT2D eigenvalue weighted by Gasteiger charge is 2.59. The summed E-state index contributed by atoms with van der Waals surface area (Å²) in [7, 11) is 0. The number of aliphatic hydroxyl groups is 13. The second-order valence-corrected chi connectivity index (χ2v) is 27.1. The Balaban J connectivity index is 0.836. The van der Waals surface area contributed by atoms with E-state index in [1.165, 1.54) is 21.9 Å². The maximum atomic E-state index is 14.6. The Morgan fingerprint density at radius 1 is 0.692 bits per heavy atom. The van der Waals surface area contributed by atoms with Gasteiger partial charge in [-0.15, -0.1) is 23.2 Å². The normalized spacial score (nSPS) is 33.0. The van der Waals surface area contributed by atoms with E-state index in [1.54, 1.807) is 48.5 Å². The summed E-state index contributed by atoms with van der Waals surface area (Å²) in [5.74, 6) is -9.74. The summed E-state index contributed by atoms with van der Waals surface area (Å²) in [6, 6.07) is 13.5. The maximum Gasteiger partial charge on any atom is 0.364 e. The first-order valence-electron chi connectivity index (χ1n) is 33.3. The summed E-state index contributed by atoms with van der Waals surface area (Å²) < 4.78 is 47.7. The van der Waals surface area contributed by atoms with E-state index in [4.69, 9.17) is 66.6 Å². The minimum atomic E-state index is -2.91. The number of aliphatic hydroxyl groups excluding tert-OH is 13. The van der Waals surface area contributed by atoms with Gasteiger partial charge >= 0.3 is 11.9 Å². The van der Waals surface area contributed by atoms with Crippen molar-refractivity contribution in [1.82, 2.24) is 10.6 Å². The summed E-state index contributed by atoms with van der Waals surface area (Å²) in [5.41, 5.74) is 8.37.